The summed E-state index contributed by atoms with van der Waals surface area (Å²) in [6.45, 7) is 5.95. The van der Waals surface area contributed by atoms with Crippen LogP contribution in [0.2, 0.25) is 0 Å². The summed E-state index contributed by atoms with van der Waals surface area (Å²) in [7, 11) is 0. The molecule has 1 aromatic heterocycles. The summed E-state index contributed by atoms with van der Waals surface area (Å²) in [6.07, 6.45) is 9.79. The first-order valence-corrected chi connectivity index (χ1v) is 11.2. The number of ether oxygens (including phenoxy) is 1. The number of aliphatic imine (C=N–C) groups is 1. The minimum atomic E-state index is 0. The molecule has 4 aliphatic rings. The highest BCUT2D eigenvalue weighted by Crippen LogP contribution is 2.62. The zero-order valence-electron chi connectivity index (χ0n) is 17.3. The fourth-order valence-corrected chi connectivity index (χ4v) is 5.88. The van der Waals surface area contributed by atoms with Gasteiger partial charge in [0.1, 0.15) is 5.82 Å². The number of fused-ring (bicyclic) bond motifs is 2. The summed E-state index contributed by atoms with van der Waals surface area (Å²) >= 11 is 0. The van der Waals surface area contributed by atoms with Crippen LogP contribution in [0, 0.1) is 11.3 Å². The number of anilines is 1. The second-order valence-electron chi connectivity index (χ2n) is 8.87. The first-order valence-electron chi connectivity index (χ1n) is 11.2. The Morgan fingerprint density at radius 1 is 1.24 bits per heavy atom. The first-order chi connectivity index (χ1) is 13.8. The zero-order valence-corrected chi connectivity index (χ0v) is 19.7. The fraction of sp³-hybridized carbons (Fsp3) is 0.727. The van der Waals surface area contributed by atoms with Crippen molar-refractivity contribution in [2.24, 2.45) is 16.3 Å². The lowest BCUT2D eigenvalue weighted by atomic mass is 9.46. The number of pyridine rings is 1. The molecule has 0 aromatic carbocycles. The highest BCUT2D eigenvalue weighted by Gasteiger charge is 2.66. The number of halogens is 1. The van der Waals surface area contributed by atoms with Crippen molar-refractivity contribution in [3.8, 4) is 0 Å². The molecule has 3 unspecified atom stereocenters. The van der Waals surface area contributed by atoms with Crippen LogP contribution in [0.25, 0.3) is 0 Å². The maximum Gasteiger partial charge on any atom is 0.191 e. The minimum Gasteiger partial charge on any atom is -0.377 e. The van der Waals surface area contributed by atoms with Crippen LogP contribution in [0.1, 0.15) is 45.4 Å². The zero-order chi connectivity index (χ0) is 19.0. The molecule has 0 bridgehead atoms. The van der Waals surface area contributed by atoms with Gasteiger partial charge in [-0.15, -0.1) is 24.0 Å². The Morgan fingerprint density at radius 3 is 2.72 bits per heavy atom. The van der Waals surface area contributed by atoms with Crippen molar-refractivity contribution >= 4 is 35.8 Å². The maximum atomic E-state index is 6.07. The maximum absolute atomic E-state index is 6.07. The van der Waals surface area contributed by atoms with Crippen LogP contribution in [-0.4, -0.2) is 55.4 Å². The number of nitrogens with one attached hydrogen (secondary N) is 2. The van der Waals surface area contributed by atoms with Crippen molar-refractivity contribution in [3.63, 3.8) is 0 Å². The quantitative estimate of drug-likeness (QED) is 0.370. The van der Waals surface area contributed by atoms with Gasteiger partial charge in [0.15, 0.2) is 5.96 Å². The molecule has 6 nitrogen and oxygen atoms in total. The van der Waals surface area contributed by atoms with Gasteiger partial charge in [-0.3, -0.25) is 4.99 Å². The molecule has 5 rings (SSSR count). The summed E-state index contributed by atoms with van der Waals surface area (Å²) < 4.78 is 6.07. The van der Waals surface area contributed by atoms with Crippen LogP contribution in [0.4, 0.5) is 5.82 Å². The molecule has 0 radical (unpaired) electrons. The molecule has 2 saturated heterocycles. The van der Waals surface area contributed by atoms with Crippen molar-refractivity contribution in [2.45, 2.75) is 63.6 Å². The Bertz CT molecular complexity index is 702. The van der Waals surface area contributed by atoms with E-state index in [9.17, 15) is 0 Å². The molecule has 29 heavy (non-hydrogen) atoms. The van der Waals surface area contributed by atoms with Crippen LogP contribution in [0.5, 0.6) is 0 Å². The number of hydrogen-bond donors (Lipinski definition) is 2. The smallest absolute Gasteiger partial charge is 0.191 e. The Balaban J connectivity index is 0.00000205. The van der Waals surface area contributed by atoms with Crippen LogP contribution in [0.15, 0.2) is 29.4 Å². The van der Waals surface area contributed by atoms with Gasteiger partial charge in [0.2, 0.25) is 0 Å². The molecular weight excluding hydrogens is 477 g/mol. The molecule has 160 valence electrons. The molecule has 4 fully saturated rings. The van der Waals surface area contributed by atoms with E-state index in [2.05, 4.69) is 39.6 Å². The molecule has 2 aliphatic heterocycles. The highest BCUT2D eigenvalue weighted by molar-refractivity contribution is 14.0. The second kappa shape index (κ2) is 8.96. The van der Waals surface area contributed by atoms with Gasteiger partial charge in [0, 0.05) is 55.9 Å². The molecule has 3 heterocycles. The van der Waals surface area contributed by atoms with E-state index in [-0.39, 0.29) is 24.0 Å². The number of hydrogen-bond acceptors (Lipinski definition) is 4. The summed E-state index contributed by atoms with van der Waals surface area (Å²) in [5.41, 5.74) is 0.389. The van der Waals surface area contributed by atoms with Gasteiger partial charge in [-0.05, 0) is 51.2 Å². The lowest BCUT2D eigenvalue weighted by Crippen LogP contribution is -2.72. The monoisotopic (exact) mass is 511 g/mol. The van der Waals surface area contributed by atoms with Gasteiger partial charge in [-0.1, -0.05) is 12.5 Å². The Kier molecular flexibility index (Phi) is 6.53. The van der Waals surface area contributed by atoms with E-state index >= 15 is 0 Å². The SMILES string of the molecule is CCN=C(NC1CCN(c2ccccn2)CC1)NC1C2CCOC2C12CCC2.I. The van der Waals surface area contributed by atoms with E-state index in [1.165, 1.54) is 25.7 Å². The Hall–Kier alpha value is -1.09. The molecule has 2 N–H and O–H groups in total. The van der Waals surface area contributed by atoms with Gasteiger partial charge in [0.05, 0.1) is 6.10 Å². The van der Waals surface area contributed by atoms with E-state index in [0.717, 1.165) is 50.9 Å². The number of nitrogens with zero attached hydrogens (tertiary/aromatic N) is 3. The van der Waals surface area contributed by atoms with E-state index in [1.54, 1.807) is 0 Å². The molecule has 2 aliphatic carbocycles. The van der Waals surface area contributed by atoms with Gasteiger partial charge < -0.3 is 20.3 Å². The summed E-state index contributed by atoms with van der Waals surface area (Å²) in [5.74, 6) is 2.78. The molecule has 2 saturated carbocycles. The standard InChI is InChI=1S/C22H33N5O.HI/c1-2-23-21(26-19-17-9-15-28-20(17)22(19)10-5-11-22)25-16-7-13-27(14-8-16)18-6-3-4-12-24-18;/h3-4,6,12,16-17,19-20H,2,5,7-11,13-15H2,1H3,(H2,23,25,26);1H. The number of rotatable bonds is 4. The Labute approximate surface area is 191 Å². The Morgan fingerprint density at radius 2 is 2.07 bits per heavy atom. The largest absolute Gasteiger partial charge is 0.377 e. The lowest BCUT2D eigenvalue weighted by molar-refractivity contribution is -0.171. The van der Waals surface area contributed by atoms with E-state index < -0.39 is 0 Å². The molecule has 1 aromatic rings. The molecule has 7 heteroatoms. The third kappa shape index (κ3) is 3.84. The average Bonchev–Trinajstić information content (AvgIpc) is 3.11. The predicted octanol–water partition coefficient (Wildman–Crippen LogP) is 3.18. The van der Waals surface area contributed by atoms with Gasteiger partial charge >= 0.3 is 0 Å². The van der Waals surface area contributed by atoms with Crippen molar-refractivity contribution in [2.75, 3.05) is 31.1 Å². The van der Waals surface area contributed by atoms with E-state index in [0.29, 0.717) is 29.5 Å². The second-order valence-corrected chi connectivity index (χ2v) is 8.87. The van der Waals surface area contributed by atoms with Crippen LogP contribution in [-0.2, 0) is 4.74 Å². The predicted molar refractivity (Wildman–Crippen MR) is 127 cm³/mol. The van der Waals surface area contributed by atoms with Crippen molar-refractivity contribution in [3.05, 3.63) is 24.4 Å². The number of aromatic nitrogens is 1. The fourth-order valence-electron chi connectivity index (χ4n) is 5.88. The summed E-state index contributed by atoms with van der Waals surface area (Å²) in [6, 6.07) is 7.17. The van der Waals surface area contributed by atoms with E-state index in [4.69, 9.17) is 9.73 Å². The molecular formula is C22H34IN5O. The van der Waals surface area contributed by atoms with Crippen molar-refractivity contribution < 1.29 is 4.74 Å². The minimum absolute atomic E-state index is 0. The number of piperidine rings is 1. The lowest BCUT2D eigenvalue weighted by Gasteiger charge is -2.63. The van der Waals surface area contributed by atoms with Gasteiger partial charge in [-0.2, -0.15) is 0 Å². The summed E-state index contributed by atoms with van der Waals surface area (Å²) in [4.78, 5) is 11.7. The van der Waals surface area contributed by atoms with Gasteiger partial charge in [0.25, 0.3) is 0 Å². The summed E-state index contributed by atoms with van der Waals surface area (Å²) in [5, 5.41) is 7.59. The first kappa shape index (κ1) is 21.2. The third-order valence-electron chi connectivity index (χ3n) is 7.45. The van der Waals surface area contributed by atoms with E-state index in [1.807, 2.05) is 12.3 Å². The molecule has 1 spiro atoms. The number of guanidine groups is 1. The van der Waals surface area contributed by atoms with Crippen LogP contribution in [0.3, 0.4) is 0 Å². The third-order valence-corrected chi connectivity index (χ3v) is 7.45. The van der Waals surface area contributed by atoms with Crippen molar-refractivity contribution in [1.82, 2.24) is 15.6 Å². The normalized spacial score (nSPS) is 30.7. The van der Waals surface area contributed by atoms with Gasteiger partial charge in [-0.25, -0.2) is 4.98 Å². The molecule has 0 amide bonds. The topological polar surface area (TPSA) is 61.8 Å². The highest BCUT2D eigenvalue weighted by atomic mass is 127. The molecule has 3 atom stereocenters. The van der Waals surface area contributed by atoms with Crippen molar-refractivity contribution in [1.29, 1.82) is 0 Å². The average molecular weight is 511 g/mol. The van der Waals surface area contributed by atoms with Crippen LogP contribution >= 0.6 is 24.0 Å². The van der Waals surface area contributed by atoms with Crippen LogP contribution < -0.4 is 15.5 Å².